The standard InChI is InChI=1S/C8H5ClF5NO/c9-6-4(2-16)15-1-3(7(10)11)5(6)8(12,13)14/h1,7,16H,2H2. The second-order valence-electron chi connectivity index (χ2n) is 2.81. The van der Waals surface area contributed by atoms with Crippen LogP contribution in [0.3, 0.4) is 0 Å². The van der Waals surface area contributed by atoms with Crippen LogP contribution in [0.4, 0.5) is 22.0 Å². The Bertz CT molecular complexity index is 393. The van der Waals surface area contributed by atoms with Gasteiger partial charge in [-0.25, -0.2) is 8.78 Å². The van der Waals surface area contributed by atoms with Crippen LogP contribution < -0.4 is 0 Å². The zero-order valence-corrected chi connectivity index (χ0v) is 8.28. The summed E-state index contributed by atoms with van der Waals surface area (Å²) < 4.78 is 62.0. The van der Waals surface area contributed by atoms with E-state index in [4.69, 9.17) is 16.7 Å². The molecule has 8 heteroatoms. The van der Waals surface area contributed by atoms with E-state index < -0.39 is 41.1 Å². The van der Waals surface area contributed by atoms with Crippen LogP contribution in [0.5, 0.6) is 0 Å². The summed E-state index contributed by atoms with van der Waals surface area (Å²) in [5.74, 6) is 0. The lowest BCUT2D eigenvalue weighted by atomic mass is 10.1. The van der Waals surface area contributed by atoms with Crippen molar-refractivity contribution in [2.45, 2.75) is 19.2 Å². The SMILES string of the molecule is OCc1ncc(C(F)F)c(C(F)(F)F)c1Cl. The Morgan fingerprint density at radius 2 is 1.94 bits per heavy atom. The first kappa shape index (κ1) is 13.1. The molecule has 1 N–H and O–H groups in total. The van der Waals surface area contributed by atoms with Crippen LogP contribution in [0.15, 0.2) is 6.20 Å². The molecule has 1 heterocycles. The summed E-state index contributed by atoms with van der Waals surface area (Å²) in [6.07, 6.45) is -7.99. The number of halogens is 6. The van der Waals surface area contributed by atoms with Crippen molar-refractivity contribution in [3.05, 3.63) is 28.0 Å². The third kappa shape index (κ3) is 2.41. The predicted molar refractivity (Wildman–Crippen MR) is 45.1 cm³/mol. The summed E-state index contributed by atoms with van der Waals surface area (Å²) >= 11 is 5.27. The molecular weight excluding hydrogens is 257 g/mol. The first-order valence-corrected chi connectivity index (χ1v) is 4.30. The molecule has 90 valence electrons. The number of pyridine rings is 1. The monoisotopic (exact) mass is 261 g/mol. The topological polar surface area (TPSA) is 33.1 Å². The van der Waals surface area contributed by atoms with Gasteiger partial charge < -0.3 is 5.11 Å². The molecule has 0 aromatic carbocycles. The zero-order valence-electron chi connectivity index (χ0n) is 7.52. The number of alkyl halides is 5. The molecule has 1 aromatic heterocycles. The molecule has 0 saturated heterocycles. The Kier molecular flexibility index (Phi) is 3.69. The third-order valence-corrected chi connectivity index (χ3v) is 2.20. The molecule has 0 aliphatic heterocycles. The van der Waals surface area contributed by atoms with Gasteiger partial charge in [-0.15, -0.1) is 0 Å². The summed E-state index contributed by atoms with van der Waals surface area (Å²) in [6.45, 7) is -0.856. The van der Waals surface area contributed by atoms with Gasteiger partial charge in [-0.05, 0) is 0 Å². The minimum Gasteiger partial charge on any atom is -0.390 e. The van der Waals surface area contributed by atoms with E-state index in [1.165, 1.54) is 0 Å². The van der Waals surface area contributed by atoms with E-state index in [0.29, 0.717) is 6.20 Å². The van der Waals surface area contributed by atoms with Crippen molar-refractivity contribution in [2.24, 2.45) is 0 Å². The molecule has 1 aromatic rings. The van der Waals surface area contributed by atoms with E-state index in [-0.39, 0.29) is 0 Å². The van der Waals surface area contributed by atoms with Gasteiger partial charge in [-0.1, -0.05) is 11.6 Å². The van der Waals surface area contributed by atoms with Crippen LogP contribution in [0, 0.1) is 0 Å². The van der Waals surface area contributed by atoms with Gasteiger partial charge >= 0.3 is 6.18 Å². The molecule has 2 nitrogen and oxygen atoms in total. The molecule has 0 unspecified atom stereocenters. The lowest BCUT2D eigenvalue weighted by Crippen LogP contribution is -2.13. The molecule has 0 fully saturated rings. The van der Waals surface area contributed by atoms with Gasteiger partial charge in [0.2, 0.25) is 0 Å². The average Bonchev–Trinajstić information content (AvgIpc) is 2.14. The van der Waals surface area contributed by atoms with E-state index in [2.05, 4.69) is 4.98 Å². The maximum absolute atomic E-state index is 12.5. The van der Waals surface area contributed by atoms with Crippen molar-refractivity contribution in [1.29, 1.82) is 0 Å². The van der Waals surface area contributed by atoms with E-state index in [1.54, 1.807) is 0 Å². The van der Waals surface area contributed by atoms with Crippen LogP contribution in [0.25, 0.3) is 0 Å². The van der Waals surface area contributed by atoms with Crippen LogP contribution in [-0.4, -0.2) is 10.1 Å². The number of hydrogen-bond donors (Lipinski definition) is 1. The number of rotatable bonds is 2. The number of aliphatic hydroxyl groups is 1. The Labute approximate surface area is 91.7 Å². The molecule has 0 atom stereocenters. The summed E-state index contributed by atoms with van der Waals surface area (Å²) in [5.41, 5.74) is -3.43. The van der Waals surface area contributed by atoms with Crippen LogP contribution in [0.1, 0.15) is 23.2 Å². The van der Waals surface area contributed by atoms with Crippen molar-refractivity contribution >= 4 is 11.6 Å². The third-order valence-electron chi connectivity index (χ3n) is 1.79. The van der Waals surface area contributed by atoms with Crippen molar-refractivity contribution < 1.29 is 27.1 Å². The fourth-order valence-electron chi connectivity index (χ4n) is 1.10. The minimum absolute atomic E-state index is 0.366. The molecule has 0 spiro atoms. The molecule has 1 rings (SSSR count). The molecule has 16 heavy (non-hydrogen) atoms. The van der Waals surface area contributed by atoms with Gasteiger partial charge in [-0.3, -0.25) is 4.98 Å². The fourth-order valence-corrected chi connectivity index (χ4v) is 1.43. The highest BCUT2D eigenvalue weighted by Gasteiger charge is 2.39. The zero-order chi connectivity index (χ0) is 12.5. The second kappa shape index (κ2) is 4.50. The molecule has 0 saturated carbocycles. The van der Waals surface area contributed by atoms with Gasteiger partial charge in [0, 0.05) is 11.8 Å². The lowest BCUT2D eigenvalue weighted by Gasteiger charge is -2.15. The van der Waals surface area contributed by atoms with Crippen LogP contribution in [-0.2, 0) is 12.8 Å². The molecule has 0 aliphatic rings. The van der Waals surface area contributed by atoms with Crippen molar-refractivity contribution in [1.82, 2.24) is 4.98 Å². The van der Waals surface area contributed by atoms with E-state index >= 15 is 0 Å². The first-order valence-electron chi connectivity index (χ1n) is 3.92. The highest BCUT2D eigenvalue weighted by atomic mass is 35.5. The average molecular weight is 262 g/mol. The summed E-state index contributed by atoms with van der Waals surface area (Å²) in [5, 5.41) is 7.64. The Balaban J connectivity index is 3.50. The van der Waals surface area contributed by atoms with Crippen molar-refractivity contribution in [3.63, 3.8) is 0 Å². The van der Waals surface area contributed by atoms with Gasteiger partial charge in [0.1, 0.15) is 0 Å². The van der Waals surface area contributed by atoms with Gasteiger partial charge in [0.05, 0.1) is 22.9 Å². The summed E-state index contributed by atoms with van der Waals surface area (Å²) in [4.78, 5) is 3.23. The smallest absolute Gasteiger partial charge is 0.390 e. The molecular formula is C8H5ClF5NO. The van der Waals surface area contributed by atoms with E-state index in [1.807, 2.05) is 0 Å². The van der Waals surface area contributed by atoms with Gasteiger partial charge in [0.25, 0.3) is 6.43 Å². The van der Waals surface area contributed by atoms with Crippen molar-refractivity contribution in [2.75, 3.05) is 0 Å². The van der Waals surface area contributed by atoms with E-state index in [9.17, 15) is 22.0 Å². The highest BCUT2D eigenvalue weighted by Crippen LogP contribution is 2.41. The molecule has 0 amide bonds. The van der Waals surface area contributed by atoms with Crippen LogP contribution in [0.2, 0.25) is 5.02 Å². The number of hydrogen-bond acceptors (Lipinski definition) is 2. The molecule has 0 aliphatic carbocycles. The molecule has 0 radical (unpaired) electrons. The predicted octanol–water partition coefficient (Wildman–Crippen LogP) is 3.18. The second-order valence-corrected chi connectivity index (χ2v) is 3.18. The van der Waals surface area contributed by atoms with Crippen LogP contribution >= 0.6 is 11.6 Å². The largest absolute Gasteiger partial charge is 0.418 e. The lowest BCUT2D eigenvalue weighted by molar-refractivity contribution is -0.139. The summed E-state index contributed by atoms with van der Waals surface area (Å²) in [6, 6.07) is 0. The quantitative estimate of drug-likeness (QED) is 0.830. The molecule has 0 bridgehead atoms. The van der Waals surface area contributed by atoms with E-state index in [0.717, 1.165) is 0 Å². The number of nitrogens with zero attached hydrogens (tertiary/aromatic N) is 1. The van der Waals surface area contributed by atoms with Gasteiger partial charge in [0.15, 0.2) is 0 Å². The van der Waals surface area contributed by atoms with Gasteiger partial charge in [-0.2, -0.15) is 13.2 Å². The Hall–Kier alpha value is -0.950. The highest BCUT2D eigenvalue weighted by molar-refractivity contribution is 6.32. The Morgan fingerprint density at radius 1 is 1.38 bits per heavy atom. The maximum Gasteiger partial charge on any atom is 0.418 e. The fraction of sp³-hybridized carbons (Fsp3) is 0.375. The normalized spacial score (nSPS) is 12.2. The number of aliphatic hydroxyl groups excluding tert-OH is 1. The Morgan fingerprint density at radius 3 is 2.31 bits per heavy atom. The number of aromatic nitrogens is 1. The summed E-state index contributed by atoms with van der Waals surface area (Å²) in [7, 11) is 0. The maximum atomic E-state index is 12.5. The minimum atomic E-state index is -5.02. The van der Waals surface area contributed by atoms with Crippen molar-refractivity contribution in [3.8, 4) is 0 Å². The first-order chi connectivity index (χ1) is 7.29.